The second kappa shape index (κ2) is 9.41. The Bertz CT molecular complexity index is 940. The van der Waals surface area contributed by atoms with E-state index in [1.807, 2.05) is 6.92 Å². The molecular weight excluding hydrogens is 449 g/mol. The fourth-order valence-electron chi connectivity index (χ4n) is 3.58. The van der Waals surface area contributed by atoms with Gasteiger partial charge < -0.3 is 10.6 Å². The number of likely N-dealkylation sites (tertiary alicyclic amines) is 1. The normalized spacial score (nSPS) is 18.2. The summed E-state index contributed by atoms with van der Waals surface area (Å²) in [5, 5.41) is 0.263. The van der Waals surface area contributed by atoms with Gasteiger partial charge in [0.25, 0.3) is 17.1 Å². The van der Waals surface area contributed by atoms with Crippen LogP contribution in [0, 0.1) is 0 Å². The lowest BCUT2D eigenvalue weighted by Crippen LogP contribution is -2.47. The Morgan fingerprint density at radius 1 is 1.20 bits per heavy atom. The smallest absolute Gasteiger partial charge is 0.294 e. The molecule has 2 fully saturated rings. The van der Waals surface area contributed by atoms with E-state index in [2.05, 4.69) is 0 Å². The van der Waals surface area contributed by atoms with Gasteiger partial charge in [0.05, 0.1) is 15.5 Å². The summed E-state index contributed by atoms with van der Waals surface area (Å²) in [6, 6.07) is 3.79. The zero-order valence-corrected chi connectivity index (χ0v) is 18.6. The van der Waals surface area contributed by atoms with Crippen molar-refractivity contribution in [2.45, 2.75) is 38.6 Å². The van der Waals surface area contributed by atoms with E-state index in [0.717, 1.165) is 22.2 Å². The lowest BCUT2D eigenvalue weighted by molar-refractivity contribution is -0.132. The minimum absolute atomic E-state index is 0.230. The molecule has 0 spiro atoms. The zero-order chi connectivity index (χ0) is 22.0. The molecule has 0 saturated carbocycles. The quantitative estimate of drug-likeness (QED) is 0.660. The van der Waals surface area contributed by atoms with Crippen LogP contribution in [0.3, 0.4) is 0 Å². The highest BCUT2D eigenvalue weighted by Gasteiger charge is 2.43. The summed E-state index contributed by atoms with van der Waals surface area (Å²) in [6.45, 7) is 2.62. The fourth-order valence-corrected chi connectivity index (χ4v) is 4.96. The molecule has 1 aromatic rings. The van der Waals surface area contributed by atoms with E-state index in [1.54, 1.807) is 17.0 Å². The number of carbonyl (C=O) groups is 4. The van der Waals surface area contributed by atoms with Crippen LogP contribution in [0.15, 0.2) is 28.7 Å². The van der Waals surface area contributed by atoms with E-state index < -0.39 is 23.1 Å². The molecule has 0 bridgehead atoms. The first kappa shape index (κ1) is 22.7. The van der Waals surface area contributed by atoms with Gasteiger partial charge in [-0.25, -0.2) is 0 Å². The minimum atomic E-state index is -0.938. The molecule has 2 aliphatic heterocycles. The predicted octanol–water partition coefficient (Wildman–Crippen LogP) is 3.83. The Balaban J connectivity index is 1.74. The predicted molar refractivity (Wildman–Crippen MR) is 116 cm³/mol. The van der Waals surface area contributed by atoms with E-state index in [-0.39, 0.29) is 5.91 Å². The average molecular weight is 470 g/mol. The summed E-state index contributed by atoms with van der Waals surface area (Å²) < 4.78 is 0. The van der Waals surface area contributed by atoms with Crippen LogP contribution in [0.1, 0.15) is 43.0 Å². The number of nitrogens with two attached hydrogens (primary N) is 1. The van der Waals surface area contributed by atoms with Crippen molar-refractivity contribution in [3.05, 3.63) is 44.3 Å². The maximum atomic E-state index is 12.9. The van der Waals surface area contributed by atoms with Crippen LogP contribution >= 0.6 is 35.0 Å². The number of primary amides is 1. The molecule has 30 heavy (non-hydrogen) atoms. The molecule has 3 rings (SSSR count). The maximum absolute atomic E-state index is 12.9. The molecule has 2 aliphatic rings. The first-order valence-electron chi connectivity index (χ1n) is 9.55. The van der Waals surface area contributed by atoms with Crippen LogP contribution in [0.25, 0.3) is 0 Å². The summed E-state index contributed by atoms with van der Waals surface area (Å²) in [5.41, 5.74) is 6.54. The standard InChI is InChI=1S/C20H21Cl2N3O4S/c1-2-3-15(17(23)26)25-19(28)16(30-20(25)29)11-6-8-24(9-7-11)18(27)13-10-12(21)4-5-14(13)22/h4-5,10,15H,2-3,6-9H2,1H3,(H2,23,26). The van der Waals surface area contributed by atoms with E-state index in [0.29, 0.717) is 59.3 Å². The molecular formula is C20H21Cl2N3O4S. The third-order valence-corrected chi connectivity index (χ3v) is 6.74. The van der Waals surface area contributed by atoms with Crippen molar-refractivity contribution in [3.63, 3.8) is 0 Å². The molecule has 2 saturated heterocycles. The van der Waals surface area contributed by atoms with Crippen LogP contribution in [0.2, 0.25) is 10.0 Å². The summed E-state index contributed by atoms with van der Waals surface area (Å²) >= 11 is 12.9. The number of rotatable bonds is 5. The maximum Gasteiger partial charge on any atom is 0.294 e. The van der Waals surface area contributed by atoms with E-state index >= 15 is 0 Å². The highest BCUT2D eigenvalue weighted by Crippen LogP contribution is 2.38. The molecule has 0 aliphatic carbocycles. The summed E-state index contributed by atoms with van der Waals surface area (Å²) in [5.74, 6) is -1.40. The summed E-state index contributed by atoms with van der Waals surface area (Å²) in [6.07, 6.45) is 1.85. The number of carbonyl (C=O) groups excluding carboxylic acids is 4. The van der Waals surface area contributed by atoms with Gasteiger partial charge in [-0.05, 0) is 54.8 Å². The second-order valence-corrected chi connectivity index (χ2v) is 8.90. The van der Waals surface area contributed by atoms with Gasteiger partial charge in [0.2, 0.25) is 5.91 Å². The minimum Gasteiger partial charge on any atom is -0.368 e. The molecule has 2 N–H and O–H groups in total. The van der Waals surface area contributed by atoms with Gasteiger partial charge in [0, 0.05) is 18.1 Å². The molecule has 4 amide bonds. The van der Waals surface area contributed by atoms with E-state index in [9.17, 15) is 19.2 Å². The van der Waals surface area contributed by atoms with E-state index in [1.165, 1.54) is 6.07 Å². The average Bonchev–Trinajstić information content (AvgIpc) is 3.01. The number of piperidine rings is 1. The largest absolute Gasteiger partial charge is 0.368 e. The Morgan fingerprint density at radius 2 is 1.87 bits per heavy atom. The Hall–Kier alpha value is -2.03. The van der Waals surface area contributed by atoms with Crippen molar-refractivity contribution in [1.29, 1.82) is 0 Å². The van der Waals surface area contributed by atoms with Crippen molar-refractivity contribution >= 4 is 57.9 Å². The monoisotopic (exact) mass is 469 g/mol. The van der Waals surface area contributed by atoms with Gasteiger partial charge in [-0.2, -0.15) is 0 Å². The molecule has 2 heterocycles. The van der Waals surface area contributed by atoms with Crippen molar-refractivity contribution < 1.29 is 19.2 Å². The van der Waals surface area contributed by atoms with Crippen LogP contribution in [-0.2, 0) is 9.59 Å². The van der Waals surface area contributed by atoms with E-state index in [4.69, 9.17) is 28.9 Å². The number of benzene rings is 1. The van der Waals surface area contributed by atoms with Crippen LogP contribution < -0.4 is 5.73 Å². The highest BCUT2D eigenvalue weighted by atomic mass is 35.5. The van der Waals surface area contributed by atoms with Crippen LogP contribution in [0.5, 0.6) is 0 Å². The van der Waals surface area contributed by atoms with Gasteiger partial charge >= 0.3 is 0 Å². The first-order chi connectivity index (χ1) is 14.2. The molecule has 0 aromatic heterocycles. The van der Waals surface area contributed by atoms with Crippen LogP contribution in [0.4, 0.5) is 4.79 Å². The number of amides is 4. The number of halogens is 2. The molecule has 1 atom stereocenters. The third kappa shape index (κ3) is 4.50. The van der Waals surface area contributed by atoms with Crippen molar-refractivity contribution in [3.8, 4) is 0 Å². The number of thioether (sulfide) groups is 1. The topological polar surface area (TPSA) is 101 Å². The van der Waals surface area contributed by atoms with Gasteiger partial charge in [-0.3, -0.25) is 24.1 Å². The van der Waals surface area contributed by atoms with Crippen LogP contribution in [-0.4, -0.2) is 51.9 Å². The molecule has 7 nitrogen and oxygen atoms in total. The van der Waals surface area contributed by atoms with Gasteiger partial charge in [0.1, 0.15) is 6.04 Å². The molecule has 1 aromatic carbocycles. The number of hydrogen-bond donors (Lipinski definition) is 1. The second-order valence-electron chi connectivity index (χ2n) is 7.10. The zero-order valence-electron chi connectivity index (χ0n) is 16.3. The lowest BCUT2D eigenvalue weighted by atomic mass is 10.0. The Labute approximate surface area is 188 Å². The number of nitrogens with zero attached hydrogens (tertiary/aromatic N) is 2. The Morgan fingerprint density at radius 3 is 2.47 bits per heavy atom. The van der Waals surface area contributed by atoms with Gasteiger partial charge in [-0.1, -0.05) is 36.5 Å². The van der Waals surface area contributed by atoms with Gasteiger partial charge in [0.15, 0.2) is 0 Å². The lowest BCUT2D eigenvalue weighted by Gasteiger charge is -2.29. The Kier molecular flexibility index (Phi) is 7.10. The molecule has 1 unspecified atom stereocenters. The molecule has 160 valence electrons. The fraction of sp³-hybridized carbons (Fsp3) is 0.400. The highest BCUT2D eigenvalue weighted by molar-refractivity contribution is 8.18. The third-order valence-electron chi connectivity index (χ3n) is 5.14. The summed E-state index contributed by atoms with van der Waals surface area (Å²) in [4.78, 5) is 52.8. The van der Waals surface area contributed by atoms with Crippen molar-refractivity contribution in [2.75, 3.05) is 13.1 Å². The van der Waals surface area contributed by atoms with Crippen molar-refractivity contribution in [2.24, 2.45) is 5.73 Å². The number of imide groups is 1. The first-order valence-corrected chi connectivity index (χ1v) is 11.1. The summed E-state index contributed by atoms with van der Waals surface area (Å²) in [7, 11) is 0. The van der Waals surface area contributed by atoms with Crippen molar-refractivity contribution in [1.82, 2.24) is 9.80 Å². The number of hydrogen-bond acceptors (Lipinski definition) is 5. The molecule has 0 radical (unpaired) electrons. The SMILES string of the molecule is CCCC(C(N)=O)N1C(=O)SC(=C2CCN(C(=O)c3cc(Cl)ccc3Cl)CC2)C1=O. The molecule has 10 heteroatoms. The van der Waals surface area contributed by atoms with Gasteiger partial charge in [-0.15, -0.1) is 0 Å².